The second kappa shape index (κ2) is 6.75. The van der Waals surface area contributed by atoms with Gasteiger partial charge in [0.1, 0.15) is 0 Å². The van der Waals surface area contributed by atoms with Gasteiger partial charge in [0.25, 0.3) is 0 Å². The SMILES string of the molecule is CCN(CC)c1nc(Cl)nc(N2CCCC(C)(OC)C2)n1. The van der Waals surface area contributed by atoms with Gasteiger partial charge in [-0.3, -0.25) is 0 Å². The zero-order valence-corrected chi connectivity index (χ0v) is 14.0. The second-order valence-electron chi connectivity index (χ2n) is 5.56. The summed E-state index contributed by atoms with van der Waals surface area (Å²) in [6.45, 7) is 9.62. The fraction of sp³-hybridized carbons (Fsp3) is 0.786. The summed E-state index contributed by atoms with van der Waals surface area (Å²) in [4.78, 5) is 17.3. The normalized spacial score (nSPS) is 22.4. The molecule has 0 aromatic carbocycles. The highest BCUT2D eigenvalue weighted by atomic mass is 35.5. The minimum Gasteiger partial charge on any atom is -0.377 e. The molecule has 1 aliphatic heterocycles. The minimum atomic E-state index is -0.160. The Hall–Kier alpha value is -1.14. The summed E-state index contributed by atoms with van der Waals surface area (Å²) in [7, 11) is 1.76. The highest BCUT2D eigenvalue weighted by Crippen LogP contribution is 2.27. The summed E-state index contributed by atoms with van der Waals surface area (Å²) in [5.74, 6) is 1.28. The van der Waals surface area contributed by atoms with Crippen molar-refractivity contribution < 1.29 is 4.74 Å². The minimum absolute atomic E-state index is 0.160. The van der Waals surface area contributed by atoms with Crippen molar-refractivity contribution in [3.8, 4) is 0 Å². The maximum Gasteiger partial charge on any atom is 0.231 e. The van der Waals surface area contributed by atoms with E-state index in [1.807, 2.05) is 0 Å². The van der Waals surface area contributed by atoms with Crippen LogP contribution in [0, 0.1) is 0 Å². The van der Waals surface area contributed by atoms with Crippen molar-refractivity contribution in [2.24, 2.45) is 0 Å². The third kappa shape index (κ3) is 3.74. The van der Waals surface area contributed by atoms with Gasteiger partial charge in [-0.1, -0.05) is 0 Å². The van der Waals surface area contributed by atoms with Crippen molar-refractivity contribution in [1.82, 2.24) is 15.0 Å². The number of ether oxygens (including phenoxy) is 1. The lowest BCUT2D eigenvalue weighted by atomic mass is 9.95. The molecule has 118 valence electrons. The van der Waals surface area contributed by atoms with Crippen molar-refractivity contribution in [2.75, 3.05) is 43.1 Å². The predicted molar refractivity (Wildman–Crippen MR) is 85.3 cm³/mol. The van der Waals surface area contributed by atoms with Gasteiger partial charge in [-0.2, -0.15) is 15.0 Å². The van der Waals surface area contributed by atoms with E-state index in [-0.39, 0.29) is 10.9 Å². The molecule has 0 saturated carbocycles. The Labute approximate surface area is 131 Å². The van der Waals surface area contributed by atoms with E-state index >= 15 is 0 Å². The van der Waals surface area contributed by atoms with Crippen molar-refractivity contribution in [2.45, 2.75) is 39.2 Å². The van der Waals surface area contributed by atoms with E-state index in [0.717, 1.165) is 39.0 Å². The Morgan fingerprint density at radius 2 is 2.00 bits per heavy atom. The smallest absolute Gasteiger partial charge is 0.231 e. The summed E-state index contributed by atoms with van der Waals surface area (Å²) >= 11 is 6.09. The molecule has 1 saturated heterocycles. The Bertz CT molecular complexity index is 482. The standard InChI is InChI=1S/C14H24ClN5O/c1-5-19(6-2)12-16-11(15)17-13(18-12)20-9-7-8-14(3,10-20)21-4/h5-10H2,1-4H3. The number of aromatic nitrogens is 3. The van der Waals surface area contributed by atoms with Crippen molar-refractivity contribution in [1.29, 1.82) is 0 Å². The lowest BCUT2D eigenvalue weighted by molar-refractivity contribution is -0.00499. The Balaban J connectivity index is 2.27. The van der Waals surface area contributed by atoms with Gasteiger partial charge in [-0.25, -0.2) is 0 Å². The van der Waals surface area contributed by atoms with E-state index in [2.05, 4.69) is 45.5 Å². The predicted octanol–water partition coefficient (Wildman–Crippen LogP) is 2.38. The fourth-order valence-corrected chi connectivity index (χ4v) is 2.81. The van der Waals surface area contributed by atoms with Crippen LogP contribution in [0.15, 0.2) is 0 Å². The van der Waals surface area contributed by atoms with Gasteiger partial charge in [0.2, 0.25) is 17.2 Å². The van der Waals surface area contributed by atoms with Crippen LogP contribution in [0.5, 0.6) is 0 Å². The van der Waals surface area contributed by atoms with Crippen molar-refractivity contribution in [3.05, 3.63) is 5.28 Å². The molecule has 1 aromatic rings. The van der Waals surface area contributed by atoms with Gasteiger partial charge in [0.05, 0.1) is 5.60 Å². The molecule has 2 heterocycles. The first kappa shape index (κ1) is 16.2. The molecule has 1 unspecified atom stereocenters. The molecule has 0 aliphatic carbocycles. The molecule has 0 spiro atoms. The average molecular weight is 314 g/mol. The molecule has 0 amide bonds. The number of piperidine rings is 1. The third-order valence-electron chi connectivity index (χ3n) is 4.07. The van der Waals surface area contributed by atoms with Gasteiger partial charge in [-0.05, 0) is 45.2 Å². The zero-order valence-electron chi connectivity index (χ0n) is 13.3. The van der Waals surface area contributed by atoms with Crippen LogP contribution in [-0.4, -0.2) is 53.8 Å². The van der Waals surface area contributed by atoms with Crippen LogP contribution in [0.4, 0.5) is 11.9 Å². The maximum atomic E-state index is 6.09. The van der Waals surface area contributed by atoms with Gasteiger partial charge in [0.15, 0.2) is 0 Å². The molecule has 2 rings (SSSR count). The van der Waals surface area contributed by atoms with Crippen LogP contribution in [0.25, 0.3) is 0 Å². The topological polar surface area (TPSA) is 54.4 Å². The van der Waals surface area contributed by atoms with E-state index in [1.165, 1.54) is 0 Å². The lowest BCUT2D eigenvalue weighted by Crippen LogP contribution is -2.48. The van der Waals surface area contributed by atoms with Gasteiger partial charge < -0.3 is 14.5 Å². The number of rotatable bonds is 5. The molecule has 6 nitrogen and oxygen atoms in total. The molecule has 21 heavy (non-hydrogen) atoms. The number of anilines is 2. The number of nitrogens with zero attached hydrogens (tertiary/aromatic N) is 5. The number of halogens is 1. The molecule has 1 fully saturated rings. The van der Waals surface area contributed by atoms with Crippen LogP contribution in [0.2, 0.25) is 5.28 Å². The summed E-state index contributed by atoms with van der Waals surface area (Å²) in [5, 5.41) is 0.242. The highest BCUT2D eigenvalue weighted by Gasteiger charge is 2.32. The Morgan fingerprint density at radius 1 is 1.29 bits per heavy atom. The van der Waals surface area contributed by atoms with E-state index in [1.54, 1.807) is 7.11 Å². The highest BCUT2D eigenvalue weighted by molar-refractivity contribution is 6.28. The van der Waals surface area contributed by atoms with Crippen molar-refractivity contribution in [3.63, 3.8) is 0 Å². The summed E-state index contributed by atoms with van der Waals surface area (Å²) in [6.07, 6.45) is 2.09. The molecule has 0 radical (unpaired) electrons. The van der Waals surface area contributed by atoms with Gasteiger partial charge in [-0.15, -0.1) is 0 Å². The van der Waals surface area contributed by atoms with E-state index in [0.29, 0.717) is 11.9 Å². The Kier molecular flexibility index (Phi) is 5.22. The third-order valence-corrected chi connectivity index (χ3v) is 4.23. The van der Waals surface area contributed by atoms with Crippen LogP contribution < -0.4 is 9.80 Å². The summed E-state index contributed by atoms with van der Waals surface area (Å²) < 4.78 is 5.62. The van der Waals surface area contributed by atoms with Gasteiger partial charge >= 0.3 is 0 Å². The number of hydrogen-bond acceptors (Lipinski definition) is 6. The lowest BCUT2D eigenvalue weighted by Gasteiger charge is -2.39. The number of methoxy groups -OCH3 is 1. The first-order chi connectivity index (χ1) is 10.0. The maximum absolute atomic E-state index is 6.09. The first-order valence-corrected chi connectivity index (χ1v) is 7.85. The second-order valence-corrected chi connectivity index (χ2v) is 5.89. The van der Waals surface area contributed by atoms with Crippen LogP contribution in [0.1, 0.15) is 33.6 Å². The van der Waals surface area contributed by atoms with Crippen LogP contribution >= 0.6 is 11.6 Å². The summed E-state index contributed by atoms with van der Waals surface area (Å²) in [5.41, 5.74) is -0.160. The molecular weight excluding hydrogens is 290 g/mol. The average Bonchev–Trinajstić information content (AvgIpc) is 2.48. The van der Waals surface area contributed by atoms with E-state index in [9.17, 15) is 0 Å². The Morgan fingerprint density at radius 3 is 2.62 bits per heavy atom. The quantitative estimate of drug-likeness (QED) is 0.832. The molecule has 0 N–H and O–H groups in total. The van der Waals surface area contributed by atoms with Crippen LogP contribution in [-0.2, 0) is 4.74 Å². The van der Waals surface area contributed by atoms with Crippen molar-refractivity contribution >= 4 is 23.5 Å². The zero-order chi connectivity index (χ0) is 15.5. The van der Waals surface area contributed by atoms with Gasteiger partial charge in [0, 0.05) is 33.3 Å². The molecule has 1 aromatic heterocycles. The number of hydrogen-bond donors (Lipinski definition) is 0. The molecule has 1 aliphatic rings. The van der Waals surface area contributed by atoms with E-state index < -0.39 is 0 Å². The van der Waals surface area contributed by atoms with E-state index in [4.69, 9.17) is 16.3 Å². The monoisotopic (exact) mass is 313 g/mol. The largest absolute Gasteiger partial charge is 0.377 e. The molecule has 0 bridgehead atoms. The summed E-state index contributed by atoms with van der Waals surface area (Å²) in [6, 6.07) is 0. The molecule has 1 atom stereocenters. The fourth-order valence-electron chi connectivity index (χ4n) is 2.66. The molecular formula is C14H24ClN5O. The first-order valence-electron chi connectivity index (χ1n) is 7.48. The molecule has 7 heteroatoms. The van der Waals surface area contributed by atoms with Crippen LogP contribution in [0.3, 0.4) is 0 Å².